The van der Waals surface area contributed by atoms with E-state index in [2.05, 4.69) is 5.32 Å². The van der Waals surface area contributed by atoms with Crippen LogP contribution in [0.1, 0.15) is 31.2 Å². The monoisotopic (exact) mass is 274 g/mol. The lowest BCUT2D eigenvalue weighted by Crippen LogP contribution is -2.46. The normalized spacial score (nSPS) is 15.1. The minimum atomic E-state index is -0.169. The van der Waals surface area contributed by atoms with Crippen molar-refractivity contribution in [1.29, 1.82) is 5.41 Å². The van der Waals surface area contributed by atoms with Crippen LogP contribution in [0, 0.1) is 12.3 Å². The van der Waals surface area contributed by atoms with Crippen molar-refractivity contribution < 1.29 is 4.79 Å². The van der Waals surface area contributed by atoms with Crippen LogP contribution in [0.25, 0.3) is 0 Å². The third-order valence-electron chi connectivity index (χ3n) is 3.64. The number of rotatable bonds is 4. The van der Waals surface area contributed by atoms with Crippen molar-refractivity contribution in [2.24, 2.45) is 5.73 Å². The van der Waals surface area contributed by atoms with Gasteiger partial charge in [-0.25, -0.2) is 4.79 Å². The van der Waals surface area contributed by atoms with E-state index in [1.54, 1.807) is 4.90 Å². The SMILES string of the molecule is Cc1cccc(NC(=O)N(CC(=N)N)C2CCCC2)c1. The highest BCUT2D eigenvalue weighted by Crippen LogP contribution is 2.24. The first-order chi connectivity index (χ1) is 9.56. The van der Waals surface area contributed by atoms with Gasteiger partial charge in [0.2, 0.25) is 0 Å². The first kappa shape index (κ1) is 14.4. The van der Waals surface area contributed by atoms with Gasteiger partial charge in [0.15, 0.2) is 0 Å². The van der Waals surface area contributed by atoms with E-state index in [-0.39, 0.29) is 24.5 Å². The standard InChI is InChI=1S/C15H22N4O/c1-11-5-4-6-12(9-11)18-15(20)19(10-14(16)17)13-7-2-3-8-13/h4-6,9,13H,2-3,7-8,10H2,1H3,(H3,16,17)(H,18,20). The topological polar surface area (TPSA) is 82.2 Å². The molecule has 0 radical (unpaired) electrons. The van der Waals surface area contributed by atoms with Gasteiger partial charge < -0.3 is 16.0 Å². The van der Waals surface area contributed by atoms with E-state index < -0.39 is 0 Å². The van der Waals surface area contributed by atoms with Crippen LogP contribution in [-0.4, -0.2) is 29.4 Å². The number of hydrogen-bond donors (Lipinski definition) is 3. The second-order valence-electron chi connectivity index (χ2n) is 5.39. The van der Waals surface area contributed by atoms with E-state index in [1.807, 2.05) is 31.2 Å². The molecule has 1 fully saturated rings. The summed E-state index contributed by atoms with van der Waals surface area (Å²) in [5, 5.41) is 10.4. The number of nitrogens with two attached hydrogens (primary N) is 1. The van der Waals surface area contributed by atoms with Crippen molar-refractivity contribution in [2.45, 2.75) is 38.6 Å². The molecule has 1 aromatic rings. The van der Waals surface area contributed by atoms with E-state index in [0.29, 0.717) is 0 Å². The fourth-order valence-corrected chi connectivity index (χ4v) is 2.68. The highest BCUT2D eigenvalue weighted by Gasteiger charge is 2.27. The number of carbonyl (C=O) groups is 1. The van der Waals surface area contributed by atoms with E-state index in [0.717, 1.165) is 36.9 Å². The molecule has 20 heavy (non-hydrogen) atoms. The molecule has 108 valence electrons. The van der Waals surface area contributed by atoms with Gasteiger partial charge in [0, 0.05) is 11.7 Å². The lowest BCUT2D eigenvalue weighted by atomic mass is 10.2. The van der Waals surface area contributed by atoms with E-state index in [9.17, 15) is 4.79 Å². The summed E-state index contributed by atoms with van der Waals surface area (Å²) >= 11 is 0. The van der Waals surface area contributed by atoms with Gasteiger partial charge in [-0.2, -0.15) is 0 Å². The van der Waals surface area contributed by atoms with Crippen molar-refractivity contribution in [1.82, 2.24) is 4.90 Å². The van der Waals surface area contributed by atoms with Gasteiger partial charge in [0.05, 0.1) is 6.54 Å². The van der Waals surface area contributed by atoms with Crippen LogP contribution in [0.15, 0.2) is 24.3 Å². The molecule has 1 saturated carbocycles. The molecule has 0 heterocycles. The Morgan fingerprint density at radius 3 is 2.75 bits per heavy atom. The average molecular weight is 274 g/mol. The van der Waals surface area contributed by atoms with E-state index in [4.69, 9.17) is 11.1 Å². The maximum Gasteiger partial charge on any atom is 0.322 e. The Hall–Kier alpha value is -2.04. The minimum Gasteiger partial charge on any atom is -0.386 e. The zero-order valence-electron chi connectivity index (χ0n) is 11.9. The molecule has 1 aromatic carbocycles. The van der Waals surface area contributed by atoms with Crippen molar-refractivity contribution in [3.8, 4) is 0 Å². The van der Waals surface area contributed by atoms with Gasteiger partial charge in [-0.1, -0.05) is 25.0 Å². The molecule has 0 aromatic heterocycles. The number of amidine groups is 1. The molecule has 0 aliphatic heterocycles. The van der Waals surface area contributed by atoms with Gasteiger partial charge in [-0.05, 0) is 37.5 Å². The van der Waals surface area contributed by atoms with Crippen LogP contribution >= 0.6 is 0 Å². The second kappa shape index (κ2) is 6.41. The van der Waals surface area contributed by atoms with Crippen LogP contribution in [0.5, 0.6) is 0 Å². The Bertz CT molecular complexity index is 494. The minimum absolute atomic E-state index is 0.0243. The van der Waals surface area contributed by atoms with Gasteiger partial charge in [-0.3, -0.25) is 5.41 Å². The molecule has 1 aliphatic rings. The number of nitrogens with zero attached hydrogens (tertiary/aromatic N) is 1. The average Bonchev–Trinajstić information content (AvgIpc) is 2.89. The van der Waals surface area contributed by atoms with Crippen LogP contribution in [0.3, 0.4) is 0 Å². The van der Waals surface area contributed by atoms with Crippen molar-refractivity contribution in [2.75, 3.05) is 11.9 Å². The Morgan fingerprint density at radius 2 is 2.15 bits per heavy atom. The van der Waals surface area contributed by atoms with Gasteiger partial charge in [0.25, 0.3) is 0 Å². The Labute approximate surface area is 119 Å². The van der Waals surface area contributed by atoms with Crippen LogP contribution in [0.2, 0.25) is 0 Å². The molecule has 0 saturated heterocycles. The summed E-state index contributed by atoms with van der Waals surface area (Å²) in [7, 11) is 0. The summed E-state index contributed by atoms with van der Waals surface area (Å²) in [5.41, 5.74) is 7.36. The number of benzene rings is 1. The van der Waals surface area contributed by atoms with Gasteiger partial charge in [0.1, 0.15) is 5.84 Å². The predicted molar refractivity (Wildman–Crippen MR) is 81.1 cm³/mol. The molecule has 5 nitrogen and oxygen atoms in total. The third-order valence-corrected chi connectivity index (χ3v) is 3.64. The predicted octanol–water partition coefficient (Wildman–Crippen LogP) is 2.71. The number of amides is 2. The van der Waals surface area contributed by atoms with Crippen molar-refractivity contribution in [3.05, 3.63) is 29.8 Å². The second-order valence-corrected chi connectivity index (χ2v) is 5.39. The summed E-state index contributed by atoms with van der Waals surface area (Å²) in [6, 6.07) is 7.72. The third kappa shape index (κ3) is 3.73. The highest BCUT2D eigenvalue weighted by atomic mass is 16.2. The smallest absolute Gasteiger partial charge is 0.322 e. The molecular formula is C15H22N4O. The quantitative estimate of drug-likeness (QED) is 0.582. The van der Waals surface area contributed by atoms with Gasteiger partial charge in [-0.15, -0.1) is 0 Å². The molecule has 0 atom stereocenters. The Morgan fingerprint density at radius 1 is 1.45 bits per heavy atom. The molecule has 0 bridgehead atoms. The fourth-order valence-electron chi connectivity index (χ4n) is 2.68. The Balaban J connectivity index is 2.07. The number of nitrogens with one attached hydrogen (secondary N) is 2. The van der Waals surface area contributed by atoms with Crippen LogP contribution in [0.4, 0.5) is 10.5 Å². The maximum absolute atomic E-state index is 12.4. The molecule has 2 amide bonds. The number of hydrogen-bond acceptors (Lipinski definition) is 2. The molecule has 5 heteroatoms. The lowest BCUT2D eigenvalue weighted by molar-refractivity contribution is 0.198. The number of urea groups is 1. The van der Waals surface area contributed by atoms with Crippen LogP contribution < -0.4 is 11.1 Å². The van der Waals surface area contributed by atoms with E-state index >= 15 is 0 Å². The first-order valence-electron chi connectivity index (χ1n) is 7.03. The fraction of sp³-hybridized carbons (Fsp3) is 0.467. The number of carbonyl (C=O) groups excluding carboxylic acids is 1. The molecule has 2 rings (SSSR count). The number of anilines is 1. The number of aryl methyl sites for hydroxylation is 1. The molecule has 0 spiro atoms. The summed E-state index contributed by atoms with van der Waals surface area (Å²) in [4.78, 5) is 14.1. The van der Waals surface area contributed by atoms with Gasteiger partial charge >= 0.3 is 6.03 Å². The Kier molecular flexibility index (Phi) is 4.61. The van der Waals surface area contributed by atoms with E-state index in [1.165, 1.54) is 0 Å². The summed E-state index contributed by atoms with van der Waals surface area (Å²) in [5.74, 6) is 0.0243. The first-order valence-corrected chi connectivity index (χ1v) is 7.03. The largest absolute Gasteiger partial charge is 0.386 e. The highest BCUT2D eigenvalue weighted by molar-refractivity contribution is 5.92. The van der Waals surface area contributed by atoms with Crippen LogP contribution in [-0.2, 0) is 0 Å². The zero-order chi connectivity index (χ0) is 14.5. The molecule has 1 aliphatic carbocycles. The zero-order valence-corrected chi connectivity index (χ0v) is 11.9. The summed E-state index contributed by atoms with van der Waals surface area (Å²) < 4.78 is 0. The summed E-state index contributed by atoms with van der Waals surface area (Å²) in [6.45, 7) is 2.18. The molecular weight excluding hydrogens is 252 g/mol. The maximum atomic E-state index is 12.4. The van der Waals surface area contributed by atoms with Crippen molar-refractivity contribution in [3.63, 3.8) is 0 Å². The lowest BCUT2D eigenvalue weighted by Gasteiger charge is -2.28. The molecule has 0 unspecified atom stereocenters. The summed E-state index contributed by atoms with van der Waals surface area (Å²) in [6.07, 6.45) is 4.26. The van der Waals surface area contributed by atoms with Crippen molar-refractivity contribution >= 4 is 17.6 Å². The molecule has 4 N–H and O–H groups in total.